The first kappa shape index (κ1) is 14.3. The third-order valence-corrected chi connectivity index (χ3v) is 2.95. The van der Waals surface area contributed by atoms with Crippen LogP contribution in [0.3, 0.4) is 0 Å². The van der Waals surface area contributed by atoms with Crippen molar-refractivity contribution in [2.75, 3.05) is 6.54 Å². The summed E-state index contributed by atoms with van der Waals surface area (Å²) in [7, 11) is 0. The van der Waals surface area contributed by atoms with E-state index in [1.165, 1.54) is 0 Å². The van der Waals surface area contributed by atoms with Crippen molar-refractivity contribution in [1.29, 1.82) is 0 Å². The molecule has 1 unspecified atom stereocenters. The highest BCUT2D eigenvalue weighted by atomic mass is 16.6. The Hall–Kier alpha value is -0.770. The summed E-state index contributed by atoms with van der Waals surface area (Å²) in [5.41, 5.74) is -1.37. The Kier molecular flexibility index (Phi) is 4.07. The molecule has 1 aliphatic rings. The van der Waals surface area contributed by atoms with Crippen molar-refractivity contribution in [2.45, 2.75) is 71.1 Å². The Bertz CT molecular complexity index is 275. The molecule has 0 aromatic carbocycles. The van der Waals surface area contributed by atoms with Crippen LogP contribution < -0.4 is 0 Å². The van der Waals surface area contributed by atoms with Crippen LogP contribution in [0.5, 0.6) is 0 Å². The Morgan fingerprint density at radius 3 is 2.29 bits per heavy atom. The Labute approximate surface area is 104 Å². The van der Waals surface area contributed by atoms with Gasteiger partial charge in [0.15, 0.2) is 0 Å². The second-order valence-electron chi connectivity index (χ2n) is 6.34. The molecule has 1 fully saturated rings. The molecule has 1 atom stereocenters. The molecule has 100 valence electrons. The zero-order valence-electron chi connectivity index (χ0n) is 11.6. The lowest BCUT2D eigenvalue weighted by Gasteiger charge is -2.42. The number of ether oxygens (including phenoxy) is 1. The van der Waals surface area contributed by atoms with E-state index in [0.717, 1.165) is 19.3 Å². The van der Waals surface area contributed by atoms with Gasteiger partial charge >= 0.3 is 6.09 Å². The molecule has 4 nitrogen and oxygen atoms in total. The van der Waals surface area contributed by atoms with Crippen LogP contribution in [0.1, 0.15) is 53.9 Å². The fourth-order valence-electron chi connectivity index (χ4n) is 2.21. The van der Waals surface area contributed by atoms with Gasteiger partial charge in [0.25, 0.3) is 0 Å². The lowest BCUT2D eigenvalue weighted by molar-refractivity contribution is -0.0495. The fraction of sp³-hybridized carbons (Fsp3) is 0.923. The normalized spacial score (nSPS) is 22.5. The zero-order chi connectivity index (χ0) is 13.3. The largest absolute Gasteiger partial charge is 0.444 e. The highest BCUT2D eigenvalue weighted by molar-refractivity contribution is 5.68. The summed E-state index contributed by atoms with van der Waals surface area (Å²) < 4.78 is 5.38. The van der Waals surface area contributed by atoms with Gasteiger partial charge < -0.3 is 14.7 Å². The van der Waals surface area contributed by atoms with Crippen molar-refractivity contribution >= 4 is 6.09 Å². The van der Waals surface area contributed by atoms with Crippen LogP contribution >= 0.6 is 0 Å². The highest BCUT2D eigenvalue weighted by Gasteiger charge is 2.38. The average molecular weight is 243 g/mol. The second-order valence-corrected chi connectivity index (χ2v) is 6.34. The number of carbonyl (C=O) groups excluding carboxylic acids is 1. The van der Waals surface area contributed by atoms with Crippen molar-refractivity contribution < 1.29 is 14.6 Å². The van der Waals surface area contributed by atoms with Gasteiger partial charge in [0, 0.05) is 6.54 Å². The van der Waals surface area contributed by atoms with Gasteiger partial charge in [0.2, 0.25) is 0 Å². The first-order chi connectivity index (χ1) is 7.61. The van der Waals surface area contributed by atoms with Gasteiger partial charge in [-0.2, -0.15) is 0 Å². The Balaban J connectivity index is 2.75. The van der Waals surface area contributed by atoms with Crippen molar-refractivity contribution in [3.8, 4) is 0 Å². The molecule has 1 heterocycles. The monoisotopic (exact) mass is 243 g/mol. The van der Waals surface area contributed by atoms with Crippen LogP contribution in [0.15, 0.2) is 0 Å². The molecule has 17 heavy (non-hydrogen) atoms. The summed E-state index contributed by atoms with van der Waals surface area (Å²) in [5, 5.41) is 10.1. The van der Waals surface area contributed by atoms with E-state index in [1.54, 1.807) is 18.7 Å². The number of amides is 1. The predicted molar refractivity (Wildman–Crippen MR) is 66.9 cm³/mol. The summed E-state index contributed by atoms with van der Waals surface area (Å²) in [6.45, 7) is 9.74. The minimum atomic E-state index is -0.878. The first-order valence-corrected chi connectivity index (χ1v) is 6.33. The maximum atomic E-state index is 12.1. The van der Waals surface area contributed by atoms with Crippen molar-refractivity contribution in [3.63, 3.8) is 0 Å². The maximum absolute atomic E-state index is 12.1. The van der Waals surface area contributed by atoms with Gasteiger partial charge in [0.05, 0.1) is 11.6 Å². The lowest BCUT2D eigenvalue weighted by atomic mass is 9.89. The molecular weight excluding hydrogens is 218 g/mol. The smallest absolute Gasteiger partial charge is 0.410 e. The summed E-state index contributed by atoms with van der Waals surface area (Å²) in [5.74, 6) is 0. The van der Waals surface area contributed by atoms with Gasteiger partial charge in [-0.25, -0.2) is 4.79 Å². The molecule has 0 spiro atoms. The standard InChI is InChI=1S/C13H25NO3/c1-12(2,3)17-11(15)14-9-7-6-8-10(14)13(4,5)16/h10,16H,6-9H2,1-5H3. The Morgan fingerprint density at radius 1 is 1.24 bits per heavy atom. The van der Waals surface area contributed by atoms with Crippen molar-refractivity contribution in [2.24, 2.45) is 0 Å². The third kappa shape index (κ3) is 4.19. The van der Waals surface area contributed by atoms with Crippen LogP contribution in [0.2, 0.25) is 0 Å². The molecule has 1 N–H and O–H groups in total. The number of hydrogen-bond acceptors (Lipinski definition) is 3. The minimum absolute atomic E-state index is 0.147. The number of aliphatic hydroxyl groups is 1. The van der Waals surface area contributed by atoms with Gasteiger partial charge in [-0.3, -0.25) is 0 Å². The van der Waals surface area contributed by atoms with Crippen LogP contribution in [-0.2, 0) is 4.74 Å². The van der Waals surface area contributed by atoms with E-state index in [4.69, 9.17) is 4.74 Å². The number of hydrogen-bond donors (Lipinski definition) is 1. The fourth-order valence-corrected chi connectivity index (χ4v) is 2.21. The van der Waals surface area contributed by atoms with Crippen LogP contribution in [0, 0.1) is 0 Å². The van der Waals surface area contributed by atoms with Crippen LogP contribution in [-0.4, -0.2) is 39.9 Å². The first-order valence-electron chi connectivity index (χ1n) is 6.33. The molecule has 1 rings (SSSR count). The van der Waals surface area contributed by atoms with E-state index in [2.05, 4.69) is 0 Å². The molecule has 0 aliphatic carbocycles. The molecule has 4 heteroatoms. The van der Waals surface area contributed by atoms with Crippen LogP contribution in [0.25, 0.3) is 0 Å². The number of carbonyl (C=O) groups is 1. The van der Waals surface area contributed by atoms with Gasteiger partial charge in [-0.05, 0) is 53.9 Å². The Morgan fingerprint density at radius 2 is 1.82 bits per heavy atom. The molecule has 0 saturated carbocycles. The number of nitrogens with zero attached hydrogens (tertiary/aromatic N) is 1. The maximum Gasteiger partial charge on any atom is 0.410 e. The quantitative estimate of drug-likeness (QED) is 0.770. The molecular formula is C13H25NO3. The SMILES string of the molecule is CC(C)(C)OC(=O)N1CCCCC1C(C)(C)O. The van der Waals surface area contributed by atoms with Crippen LogP contribution in [0.4, 0.5) is 4.79 Å². The number of likely N-dealkylation sites (tertiary alicyclic amines) is 1. The molecule has 1 saturated heterocycles. The molecule has 0 bridgehead atoms. The molecule has 0 aromatic heterocycles. The summed E-state index contributed by atoms with van der Waals surface area (Å²) in [6.07, 6.45) is 2.55. The topological polar surface area (TPSA) is 49.8 Å². The van der Waals surface area contributed by atoms with E-state index in [-0.39, 0.29) is 12.1 Å². The summed E-state index contributed by atoms with van der Waals surface area (Å²) in [6, 6.07) is -0.147. The van der Waals surface area contributed by atoms with E-state index in [0.29, 0.717) is 6.54 Å². The van der Waals surface area contributed by atoms with E-state index >= 15 is 0 Å². The molecule has 1 aliphatic heterocycles. The van der Waals surface area contributed by atoms with Gasteiger partial charge in [0.1, 0.15) is 5.60 Å². The van der Waals surface area contributed by atoms with Crippen molar-refractivity contribution in [3.05, 3.63) is 0 Å². The highest BCUT2D eigenvalue weighted by Crippen LogP contribution is 2.27. The average Bonchev–Trinajstić information content (AvgIpc) is 2.13. The number of piperidine rings is 1. The molecule has 1 amide bonds. The van der Waals surface area contributed by atoms with E-state index in [1.807, 2.05) is 20.8 Å². The van der Waals surface area contributed by atoms with E-state index < -0.39 is 11.2 Å². The zero-order valence-corrected chi connectivity index (χ0v) is 11.6. The summed E-state index contributed by atoms with van der Waals surface area (Å²) >= 11 is 0. The molecule has 0 aromatic rings. The van der Waals surface area contributed by atoms with Gasteiger partial charge in [-0.1, -0.05) is 0 Å². The van der Waals surface area contributed by atoms with Crippen molar-refractivity contribution in [1.82, 2.24) is 4.90 Å². The second kappa shape index (κ2) is 4.84. The summed E-state index contributed by atoms with van der Waals surface area (Å²) in [4.78, 5) is 13.7. The number of rotatable bonds is 1. The molecule has 0 radical (unpaired) electrons. The van der Waals surface area contributed by atoms with E-state index in [9.17, 15) is 9.90 Å². The lowest BCUT2D eigenvalue weighted by Crippen LogP contribution is -2.55. The predicted octanol–water partition coefficient (Wildman–Crippen LogP) is 2.55. The minimum Gasteiger partial charge on any atom is -0.444 e. The van der Waals surface area contributed by atoms with Gasteiger partial charge in [-0.15, -0.1) is 0 Å². The third-order valence-electron chi connectivity index (χ3n) is 2.95.